The average Bonchev–Trinajstić information content (AvgIpc) is 2.84. The third-order valence-electron chi connectivity index (χ3n) is 5.72. The molecule has 0 aliphatic carbocycles. The van der Waals surface area contributed by atoms with Crippen LogP contribution < -0.4 is 16.4 Å². The lowest BCUT2D eigenvalue weighted by Gasteiger charge is -2.31. The topological polar surface area (TPSA) is 96.3 Å². The molecular formula is C26H33N5O3S. The number of nitrogens with one attached hydrogen (secondary N) is 2. The molecule has 8 nitrogen and oxygen atoms in total. The number of hydrogen-bond acceptors (Lipinski definition) is 6. The summed E-state index contributed by atoms with van der Waals surface area (Å²) in [6, 6.07) is 16.5. The van der Waals surface area contributed by atoms with Crippen LogP contribution in [0, 0.1) is 0 Å². The van der Waals surface area contributed by atoms with Crippen molar-refractivity contribution in [1.82, 2.24) is 25.3 Å². The summed E-state index contributed by atoms with van der Waals surface area (Å²) in [6.07, 6.45) is 0. The molecule has 0 spiro atoms. The molecule has 0 fully saturated rings. The van der Waals surface area contributed by atoms with E-state index in [2.05, 4.69) is 43.4 Å². The molecule has 186 valence electrons. The van der Waals surface area contributed by atoms with Gasteiger partial charge in [0.1, 0.15) is 0 Å². The summed E-state index contributed by atoms with van der Waals surface area (Å²) in [7, 11) is 0. The van der Waals surface area contributed by atoms with Crippen molar-refractivity contribution in [2.75, 3.05) is 6.54 Å². The van der Waals surface area contributed by atoms with Gasteiger partial charge < -0.3 is 0 Å². The van der Waals surface area contributed by atoms with Gasteiger partial charge in [-0.05, 0) is 58.9 Å². The van der Waals surface area contributed by atoms with E-state index in [1.54, 1.807) is 47.9 Å². The van der Waals surface area contributed by atoms with Crippen molar-refractivity contribution in [2.24, 2.45) is 0 Å². The molecule has 2 amide bonds. The molecule has 9 heteroatoms. The Bertz CT molecular complexity index is 1220. The molecule has 0 saturated heterocycles. The molecule has 0 radical (unpaired) electrons. The summed E-state index contributed by atoms with van der Waals surface area (Å²) < 4.78 is 1.65. The monoisotopic (exact) mass is 495 g/mol. The Morgan fingerprint density at radius 2 is 1.57 bits per heavy atom. The third-order valence-corrected chi connectivity index (χ3v) is 6.81. The number of nitrogens with zero attached hydrogens (tertiary/aromatic N) is 3. The van der Waals surface area contributed by atoms with E-state index in [9.17, 15) is 14.4 Å². The summed E-state index contributed by atoms with van der Waals surface area (Å²) in [4.78, 5) is 45.3. The minimum absolute atomic E-state index is 0.129. The van der Waals surface area contributed by atoms with Gasteiger partial charge in [-0.2, -0.15) is 0 Å². The van der Waals surface area contributed by atoms with Gasteiger partial charge in [0, 0.05) is 30.7 Å². The molecule has 35 heavy (non-hydrogen) atoms. The lowest BCUT2D eigenvalue weighted by Crippen LogP contribution is -2.45. The summed E-state index contributed by atoms with van der Waals surface area (Å²) in [5, 5.41) is 0.416. The van der Waals surface area contributed by atoms with Gasteiger partial charge in [-0.15, -0.1) is 0 Å². The molecule has 3 aromatic rings. The molecule has 0 aliphatic heterocycles. The SMILES string of the molecule is CC(C)N(CCn1c(S[C@@H](C)C(=O)NNC(=O)c2ccccc2)nc2ccccc2c1=O)C(C)C. The molecule has 0 saturated carbocycles. The van der Waals surface area contributed by atoms with Crippen molar-refractivity contribution >= 4 is 34.5 Å². The number of carbonyl (C=O) groups excluding carboxylic acids is 2. The van der Waals surface area contributed by atoms with E-state index in [0.29, 0.717) is 46.8 Å². The van der Waals surface area contributed by atoms with Gasteiger partial charge in [0.2, 0.25) is 0 Å². The first-order valence-corrected chi connectivity index (χ1v) is 12.6. The van der Waals surface area contributed by atoms with Crippen LogP contribution in [0.4, 0.5) is 0 Å². The van der Waals surface area contributed by atoms with Gasteiger partial charge >= 0.3 is 0 Å². The number of thioether (sulfide) groups is 1. The predicted octanol–water partition coefficient (Wildman–Crippen LogP) is 3.46. The van der Waals surface area contributed by atoms with E-state index in [4.69, 9.17) is 4.98 Å². The van der Waals surface area contributed by atoms with Crippen LogP contribution in [-0.4, -0.2) is 50.1 Å². The molecule has 1 aromatic heterocycles. The Morgan fingerprint density at radius 3 is 2.23 bits per heavy atom. The Kier molecular flexibility index (Phi) is 9.06. The molecule has 1 heterocycles. The maximum Gasteiger partial charge on any atom is 0.269 e. The number of aromatic nitrogens is 2. The molecule has 1 atom stereocenters. The van der Waals surface area contributed by atoms with Crippen LogP contribution in [0.1, 0.15) is 45.0 Å². The van der Waals surface area contributed by atoms with Crippen LogP contribution in [0.2, 0.25) is 0 Å². The molecule has 0 unspecified atom stereocenters. The molecule has 2 N–H and O–H groups in total. The van der Waals surface area contributed by atoms with Gasteiger partial charge in [-0.25, -0.2) is 4.98 Å². The van der Waals surface area contributed by atoms with Crippen LogP contribution in [0.5, 0.6) is 0 Å². The van der Waals surface area contributed by atoms with E-state index in [0.717, 1.165) is 0 Å². The van der Waals surface area contributed by atoms with Crippen molar-refractivity contribution in [3.63, 3.8) is 0 Å². The van der Waals surface area contributed by atoms with E-state index in [1.165, 1.54) is 11.8 Å². The molecule has 0 aliphatic rings. The highest BCUT2D eigenvalue weighted by atomic mass is 32.2. The van der Waals surface area contributed by atoms with E-state index >= 15 is 0 Å². The summed E-state index contributed by atoms with van der Waals surface area (Å²) in [5.41, 5.74) is 5.81. The van der Waals surface area contributed by atoms with Crippen LogP contribution in [0.25, 0.3) is 10.9 Å². The number of para-hydroxylation sites is 1. The fraction of sp³-hybridized carbons (Fsp3) is 0.385. The summed E-state index contributed by atoms with van der Waals surface area (Å²) >= 11 is 1.19. The first-order valence-electron chi connectivity index (χ1n) is 11.8. The number of carbonyl (C=O) groups is 2. The quantitative estimate of drug-likeness (QED) is 0.268. The molecule has 3 rings (SSSR count). The van der Waals surface area contributed by atoms with E-state index in [1.807, 2.05) is 18.2 Å². The number of amides is 2. The number of benzene rings is 2. The summed E-state index contributed by atoms with van der Waals surface area (Å²) in [6.45, 7) is 11.4. The van der Waals surface area contributed by atoms with Gasteiger partial charge in [-0.1, -0.05) is 42.1 Å². The zero-order valence-corrected chi connectivity index (χ0v) is 21.6. The summed E-state index contributed by atoms with van der Waals surface area (Å²) in [5.74, 6) is -0.793. The number of hydrazine groups is 1. The fourth-order valence-electron chi connectivity index (χ4n) is 3.86. The maximum atomic E-state index is 13.4. The zero-order valence-electron chi connectivity index (χ0n) is 20.8. The van der Waals surface area contributed by atoms with Crippen molar-refractivity contribution < 1.29 is 9.59 Å². The Balaban J connectivity index is 1.79. The van der Waals surface area contributed by atoms with Crippen LogP contribution in [0.3, 0.4) is 0 Å². The van der Waals surface area contributed by atoms with Crippen LogP contribution in [-0.2, 0) is 11.3 Å². The van der Waals surface area contributed by atoms with Gasteiger partial charge in [0.05, 0.1) is 16.2 Å². The fourth-order valence-corrected chi connectivity index (χ4v) is 4.79. The van der Waals surface area contributed by atoms with Crippen molar-refractivity contribution in [1.29, 1.82) is 0 Å². The lowest BCUT2D eigenvalue weighted by molar-refractivity contribution is -0.121. The molecule has 2 aromatic carbocycles. The third kappa shape index (κ3) is 6.70. The second-order valence-electron chi connectivity index (χ2n) is 8.86. The van der Waals surface area contributed by atoms with Crippen molar-refractivity contribution in [2.45, 2.75) is 63.7 Å². The number of rotatable bonds is 9. The van der Waals surface area contributed by atoms with Gasteiger partial charge in [-0.3, -0.25) is 34.7 Å². The number of fused-ring (bicyclic) bond motifs is 1. The van der Waals surface area contributed by atoms with E-state index < -0.39 is 11.2 Å². The first kappa shape index (κ1) is 26.4. The Labute approximate surface area is 210 Å². The highest BCUT2D eigenvalue weighted by Crippen LogP contribution is 2.23. The zero-order chi connectivity index (χ0) is 25.5. The minimum Gasteiger partial charge on any atom is -0.297 e. The second kappa shape index (κ2) is 12.0. The standard InChI is InChI=1S/C26H33N5O3S/c1-17(2)30(18(3)4)15-16-31-25(34)21-13-9-10-14-22(21)27-26(31)35-19(5)23(32)28-29-24(33)20-11-7-6-8-12-20/h6-14,17-19H,15-16H2,1-5H3,(H,28,32)(H,29,33)/t19-/m0/s1. The molecular weight excluding hydrogens is 462 g/mol. The van der Waals surface area contributed by atoms with E-state index in [-0.39, 0.29) is 11.5 Å². The molecule has 0 bridgehead atoms. The Morgan fingerprint density at radius 1 is 0.943 bits per heavy atom. The maximum absolute atomic E-state index is 13.4. The van der Waals surface area contributed by atoms with Gasteiger partial charge in [0.15, 0.2) is 5.16 Å². The smallest absolute Gasteiger partial charge is 0.269 e. The van der Waals surface area contributed by atoms with Crippen LogP contribution >= 0.6 is 11.8 Å². The van der Waals surface area contributed by atoms with Crippen LogP contribution in [0.15, 0.2) is 64.5 Å². The van der Waals surface area contributed by atoms with Gasteiger partial charge in [0.25, 0.3) is 17.4 Å². The minimum atomic E-state index is -0.600. The Hall–Kier alpha value is -3.17. The largest absolute Gasteiger partial charge is 0.297 e. The number of hydrogen-bond donors (Lipinski definition) is 2. The lowest BCUT2D eigenvalue weighted by atomic mass is 10.2. The predicted molar refractivity (Wildman–Crippen MR) is 140 cm³/mol. The highest BCUT2D eigenvalue weighted by Gasteiger charge is 2.21. The van der Waals surface area contributed by atoms with Crippen molar-refractivity contribution in [3.05, 3.63) is 70.5 Å². The first-order chi connectivity index (χ1) is 16.7. The highest BCUT2D eigenvalue weighted by molar-refractivity contribution is 8.00. The second-order valence-corrected chi connectivity index (χ2v) is 10.2. The average molecular weight is 496 g/mol. The normalized spacial score (nSPS) is 12.3. The van der Waals surface area contributed by atoms with Crippen molar-refractivity contribution in [3.8, 4) is 0 Å².